The van der Waals surface area contributed by atoms with E-state index in [0.717, 1.165) is 62.9 Å². The predicted octanol–water partition coefficient (Wildman–Crippen LogP) is 4.14. The molecule has 3 rings (SSSR count). The van der Waals surface area contributed by atoms with Gasteiger partial charge in [-0.25, -0.2) is 0 Å². The van der Waals surface area contributed by atoms with Gasteiger partial charge in [-0.3, -0.25) is 9.59 Å². The molecule has 0 aromatic heterocycles. The summed E-state index contributed by atoms with van der Waals surface area (Å²) in [6, 6.07) is 5.70. The Labute approximate surface area is 186 Å². The first kappa shape index (κ1) is 23.2. The Kier molecular flexibility index (Phi) is 8.80. The lowest BCUT2D eigenvalue weighted by atomic mass is 9.94. The Balaban J connectivity index is 1.50. The fourth-order valence-corrected chi connectivity index (χ4v) is 4.23. The second kappa shape index (κ2) is 11.8. The monoisotopic (exact) mass is 428 g/mol. The second-order valence-electron chi connectivity index (χ2n) is 8.43. The molecular formula is C25H36N2O4. The van der Waals surface area contributed by atoms with Gasteiger partial charge in [0.2, 0.25) is 11.8 Å². The molecule has 0 spiro atoms. The topological polar surface area (TPSA) is 59.1 Å². The van der Waals surface area contributed by atoms with Crippen LogP contribution in [0, 0.1) is 5.92 Å². The summed E-state index contributed by atoms with van der Waals surface area (Å²) >= 11 is 0. The highest BCUT2D eigenvalue weighted by Crippen LogP contribution is 2.29. The second-order valence-corrected chi connectivity index (χ2v) is 8.43. The Morgan fingerprint density at radius 1 is 1.03 bits per heavy atom. The Bertz CT molecular complexity index is 763. The van der Waals surface area contributed by atoms with E-state index >= 15 is 0 Å². The number of ether oxygens (including phenoxy) is 2. The number of hydrogen-bond acceptors (Lipinski definition) is 4. The minimum atomic E-state index is -0.00823. The lowest BCUT2D eigenvalue weighted by Gasteiger charge is -2.35. The van der Waals surface area contributed by atoms with Gasteiger partial charge in [-0.05, 0) is 62.3 Å². The predicted molar refractivity (Wildman–Crippen MR) is 122 cm³/mol. The van der Waals surface area contributed by atoms with Crippen LogP contribution in [0.5, 0.6) is 11.5 Å². The summed E-state index contributed by atoms with van der Waals surface area (Å²) in [4.78, 5) is 29.2. The first-order valence-electron chi connectivity index (χ1n) is 11.7. The fraction of sp³-hybridized carbons (Fsp3) is 0.600. The van der Waals surface area contributed by atoms with Gasteiger partial charge in [0, 0.05) is 38.2 Å². The van der Waals surface area contributed by atoms with Crippen molar-refractivity contribution in [2.75, 3.05) is 39.9 Å². The highest BCUT2D eigenvalue weighted by atomic mass is 16.5. The Morgan fingerprint density at radius 3 is 2.45 bits per heavy atom. The van der Waals surface area contributed by atoms with Gasteiger partial charge in [-0.2, -0.15) is 0 Å². The Morgan fingerprint density at radius 2 is 1.77 bits per heavy atom. The molecule has 6 nitrogen and oxygen atoms in total. The number of likely N-dealkylation sites (tertiary alicyclic amines) is 2. The minimum absolute atomic E-state index is 0.00823. The van der Waals surface area contributed by atoms with Crippen LogP contribution in [-0.2, 0) is 9.59 Å². The summed E-state index contributed by atoms with van der Waals surface area (Å²) in [5.74, 6) is 1.74. The zero-order valence-corrected chi connectivity index (χ0v) is 19.0. The van der Waals surface area contributed by atoms with Crippen molar-refractivity contribution < 1.29 is 19.1 Å². The first-order chi connectivity index (χ1) is 15.1. The summed E-state index contributed by atoms with van der Waals surface area (Å²) in [6.07, 6.45) is 10.5. The van der Waals surface area contributed by atoms with Crippen LogP contribution in [0.15, 0.2) is 24.3 Å². The molecule has 0 bridgehead atoms. The zero-order valence-electron chi connectivity index (χ0n) is 19.0. The molecule has 0 unspecified atom stereocenters. The van der Waals surface area contributed by atoms with Crippen molar-refractivity contribution in [3.05, 3.63) is 29.8 Å². The largest absolute Gasteiger partial charge is 0.493 e. The molecule has 1 aromatic rings. The van der Waals surface area contributed by atoms with Gasteiger partial charge in [0.15, 0.2) is 11.5 Å². The van der Waals surface area contributed by atoms with Gasteiger partial charge in [-0.1, -0.05) is 19.4 Å². The van der Waals surface area contributed by atoms with E-state index in [1.54, 1.807) is 13.2 Å². The highest BCUT2D eigenvalue weighted by molar-refractivity contribution is 5.92. The number of carbonyl (C=O) groups excluding carboxylic acids is 2. The van der Waals surface area contributed by atoms with Crippen LogP contribution >= 0.6 is 0 Å². The number of hydrogen-bond donors (Lipinski definition) is 0. The van der Waals surface area contributed by atoms with Gasteiger partial charge in [0.25, 0.3) is 0 Å². The molecule has 0 aliphatic carbocycles. The van der Waals surface area contributed by atoms with E-state index in [1.807, 2.05) is 34.1 Å². The lowest BCUT2D eigenvalue weighted by molar-refractivity contribution is -0.140. The molecule has 2 aliphatic rings. The molecule has 6 heteroatoms. The van der Waals surface area contributed by atoms with Crippen LogP contribution in [0.3, 0.4) is 0 Å². The number of methoxy groups -OCH3 is 1. The van der Waals surface area contributed by atoms with Gasteiger partial charge >= 0.3 is 0 Å². The van der Waals surface area contributed by atoms with Crippen molar-refractivity contribution in [2.45, 2.75) is 51.9 Å². The van der Waals surface area contributed by atoms with Crippen LogP contribution < -0.4 is 9.47 Å². The van der Waals surface area contributed by atoms with Crippen molar-refractivity contribution in [3.8, 4) is 11.5 Å². The van der Waals surface area contributed by atoms with Crippen LogP contribution in [0.2, 0.25) is 0 Å². The number of rotatable bonds is 8. The number of benzene rings is 1. The normalized spacial score (nSPS) is 17.7. The van der Waals surface area contributed by atoms with E-state index in [4.69, 9.17) is 9.47 Å². The third-order valence-electron chi connectivity index (χ3n) is 6.19. The first-order valence-corrected chi connectivity index (χ1v) is 11.7. The summed E-state index contributed by atoms with van der Waals surface area (Å²) in [6.45, 7) is 5.86. The molecular weight excluding hydrogens is 392 g/mol. The SMILES string of the molecule is CCCCOc1ccc(C=CC(=O)N2CCC(C(=O)N3CCCCC3)CC2)cc1OC. The Hall–Kier alpha value is -2.50. The van der Waals surface area contributed by atoms with E-state index < -0.39 is 0 Å². The molecule has 2 heterocycles. The maximum absolute atomic E-state index is 12.7. The summed E-state index contributed by atoms with van der Waals surface area (Å²) < 4.78 is 11.2. The molecule has 0 radical (unpaired) electrons. The molecule has 2 saturated heterocycles. The quantitative estimate of drug-likeness (QED) is 0.461. The van der Waals surface area contributed by atoms with Crippen LogP contribution in [-0.4, -0.2) is 61.5 Å². The van der Waals surface area contributed by atoms with Crippen molar-refractivity contribution in [1.29, 1.82) is 0 Å². The molecule has 0 N–H and O–H groups in total. The average molecular weight is 429 g/mol. The van der Waals surface area contributed by atoms with Crippen LogP contribution in [0.1, 0.15) is 57.4 Å². The zero-order chi connectivity index (χ0) is 22.1. The third kappa shape index (κ3) is 6.49. The molecule has 0 saturated carbocycles. The van der Waals surface area contributed by atoms with Gasteiger partial charge in [-0.15, -0.1) is 0 Å². The molecule has 31 heavy (non-hydrogen) atoms. The van der Waals surface area contributed by atoms with Gasteiger partial charge in [0.1, 0.15) is 0 Å². The van der Waals surface area contributed by atoms with E-state index in [2.05, 4.69) is 6.92 Å². The number of unbranched alkanes of at least 4 members (excludes halogenated alkanes) is 1. The fourth-order valence-electron chi connectivity index (χ4n) is 4.23. The molecule has 2 fully saturated rings. The maximum atomic E-state index is 12.7. The highest BCUT2D eigenvalue weighted by Gasteiger charge is 2.30. The third-order valence-corrected chi connectivity index (χ3v) is 6.19. The van der Waals surface area contributed by atoms with Crippen molar-refractivity contribution in [1.82, 2.24) is 9.80 Å². The summed E-state index contributed by atoms with van der Waals surface area (Å²) in [7, 11) is 1.62. The summed E-state index contributed by atoms with van der Waals surface area (Å²) in [5.41, 5.74) is 0.892. The number of amides is 2. The smallest absolute Gasteiger partial charge is 0.246 e. The van der Waals surface area contributed by atoms with Crippen molar-refractivity contribution >= 4 is 17.9 Å². The molecule has 170 valence electrons. The molecule has 2 aliphatic heterocycles. The number of piperidine rings is 2. The van der Waals surface area contributed by atoms with Crippen molar-refractivity contribution in [2.24, 2.45) is 5.92 Å². The number of nitrogens with zero attached hydrogens (tertiary/aromatic N) is 2. The van der Waals surface area contributed by atoms with Crippen LogP contribution in [0.25, 0.3) is 6.08 Å². The number of carbonyl (C=O) groups is 2. The van der Waals surface area contributed by atoms with Gasteiger partial charge < -0.3 is 19.3 Å². The average Bonchev–Trinajstić information content (AvgIpc) is 2.83. The van der Waals surface area contributed by atoms with Crippen LogP contribution in [0.4, 0.5) is 0 Å². The minimum Gasteiger partial charge on any atom is -0.493 e. The van der Waals surface area contributed by atoms with Crippen molar-refractivity contribution in [3.63, 3.8) is 0 Å². The van der Waals surface area contributed by atoms with E-state index in [-0.39, 0.29) is 17.7 Å². The molecule has 0 atom stereocenters. The van der Waals surface area contributed by atoms with Gasteiger partial charge in [0.05, 0.1) is 13.7 Å². The molecule has 1 aromatic carbocycles. The summed E-state index contributed by atoms with van der Waals surface area (Å²) in [5, 5.41) is 0. The maximum Gasteiger partial charge on any atom is 0.246 e. The standard InChI is InChI=1S/C25H36N2O4/c1-3-4-18-31-22-10-8-20(19-23(22)30-2)9-11-24(28)26-16-12-21(13-17-26)25(29)27-14-6-5-7-15-27/h8-11,19,21H,3-7,12-18H2,1-2H3. The van der Waals surface area contributed by atoms with E-state index in [0.29, 0.717) is 25.4 Å². The van der Waals surface area contributed by atoms with E-state index in [1.165, 1.54) is 6.42 Å². The van der Waals surface area contributed by atoms with E-state index in [9.17, 15) is 9.59 Å². The lowest BCUT2D eigenvalue weighted by Crippen LogP contribution is -2.45. The molecule has 2 amide bonds.